The number of anilines is 1. The molecule has 1 saturated heterocycles. The van der Waals surface area contributed by atoms with E-state index in [-0.39, 0.29) is 5.91 Å². The van der Waals surface area contributed by atoms with Crippen molar-refractivity contribution in [2.24, 2.45) is 0 Å². The summed E-state index contributed by atoms with van der Waals surface area (Å²) < 4.78 is 11.2. The minimum absolute atomic E-state index is 0.198. The molecule has 1 aliphatic heterocycles. The number of benzene rings is 3. The second-order valence-corrected chi connectivity index (χ2v) is 9.74. The van der Waals surface area contributed by atoms with E-state index in [4.69, 9.17) is 9.47 Å². The lowest BCUT2D eigenvalue weighted by Crippen LogP contribution is -2.49. The average molecular weight is 531 g/mol. The molecule has 3 aromatic rings. The van der Waals surface area contributed by atoms with Crippen LogP contribution in [0.25, 0.3) is 0 Å². The molecule has 3 aromatic carbocycles. The molecule has 0 saturated carbocycles. The van der Waals surface area contributed by atoms with Crippen molar-refractivity contribution >= 4 is 17.6 Å². The normalized spacial score (nSPS) is 14.3. The molecule has 39 heavy (non-hydrogen) atoms. The molecule has 1 fully saturated rings. The molecule has 206 valence electrons. The van der Waals surface area contributed by atoms with Crippen LogP contribution >= 0.6 is 0 Å². The third-order valence-electron chi connectivity index (χ3n) is 6.60. The Balaban J connectivity index is 1.27. The van der Waals surface area contributed by atoms with Gasteiger partial charge < -0.3 is 25.4 Å². The highest BCUT2D eigenvalue weighted by molar-refractivity contribution is 5.93. The molecule has 1 heterocycles. The van der Waals surface area contributed by atoms with Crippen LogP contribution in [-0.2, 0) is 22.6 Å². The van der Waals surface area contributed by atoms with Gasteiger partial charge in [-0.05, 0) is 55.3 Å². The van der Waals surface area contributed by atoms with Gasteiger partial charge in [-0.2, -0.15) is 0 Å². The van der Waals surface area contributed by atoms with Crippen molar-refractivity contribution in [2.45, 2.75) is 32.4 Å². The lowest BCUT2D eigenvalue weighted by atomic mass is 10.1. The van der Waals surface area contributed by atoms with Crippen molar-refractivity contribution in [3.8, 4) is 5.75 Å². The molecule has 8 nitrogen and oxygen atoms in total. The van der Waals surface area contributed by atoms with Gasteiger partial charge in [0, 0.05) is 31.7 Å². The van der Waals surface area contributed by atoms with E-state index in [1.807, 2.05) is 54.6 Å². The summed E-state index contributed by atoms with van der Waals surface area (Å²) in [5, 5.41) is 8.67. The minimum Gasteiger partial charge on any atom is -0.489 e. The van der Waals surface area contributed by atoms with Crippen molar-refractivity contribution in [3.05, 3.63) is 95.6 Å². The number of carbonyl (C=O) groups excluding carboxylic acids is 2. The second kappa shape index (κ2) is 14.9. The third-order valence-corrected chi connectivity index (χ3v) is 6.60. The van der Waals surface area contributed by atoms with Crippen molar-refractivity contribution < 1.29 is 19.1 Å². The maximum atomic E-state index is 13.0. The molecule has 0 bridgehead atoms. The van der Waals surface area contributed by atoms with Crippen LogP contribution in [-0.4, -0.2) is 62.3 Å². The van der Waals surface area contributed by atoms with E-state index in [0.717, 1.165) is 50.4 Å². The van der Waals surface area contributed by atoms with E-state index < -0.39 is 12.1 Å². The van der Waals surface area contributed by atoms with Gasteiger partial charge in [0.1, 0.15) is 18.4 Å². The van der Waals surface area contributed by atoms with E-state index in [0.29, 0.717) is 31.0 Å². The molecule has 1 atom stereocenters. The number of hydrogen-bond acceptors (Lipinski definition) is 5. The highest BCUT2D eigenvalue weighted by Gasteiger charge is 2.21. The van der Waals surface area contributed by atoms with Crippen LogP contribution in [0, 0.1) is 6.92 Å². The third kappa shape index (κ3) is 9.74. The number of ether oxygens (including phenoxy) is 2. The molecule has 0 radical (unpaired) electrons. The lowest BCUT2D eigenvalue weighted by molar-refractivity contribution is -0.122. The van der Waals surface area contributed by atoms with Gasteiger partial charge in [0.25, 0.3) is 0 Å². The average Bonchev–Trinajstić information content (AvgIpc) is 2.96. The summed E-state index contributed by atoms with van der Waals surface area (Å²) in [4.78, 5) is 28.2. The second-order valence-electron chi connectivity index (χ2n) is 9.74. The van der Waals surface area contributed by atoms with E-state index >= 15 is 0 Å². The summed E-state index contributed by atoms with van der Waals surface area (Å²) in [6.45, 7) is 7.34. The smallest absolute Gasteiger partial charge is 0.319 e. The summed E-state index contributed by atoms with van der Waals surface area (Å²) in [7, 11) is 0. The zero-order valence-electron chi connectivity index (χ0n) is 22.5. The minimum atomic E-state index is -0.701. The summed E-state index contributed by atoms with van der Waals surface area (Å²) in [5.74, 6) is 0.510. The van der Waals surface area contributed by atoms with E-state index in [2.05, 4.69) is 39.9 Å². The molecule has 1 aliphatic rings. The molecule has 0 unspecified atom stereocenters. The molecule has 0 aromatic heterocycles. The van der Waals surface area contributed by atoms with Gasteiger partial charge in [0.15, 0.2) is 0 Å². The Labute approximate surface area is 230 Å². The molecule has 0 aliphatic carbocycles. The summed E-state index contributed by atoms with van der Waals surface area (Å²) in [6.07, 6.45) is 1.24. The van der Waals surface area contributed by atoms with Gasteiger partial charge in [0.05, 0.1) is 13.2 Å². The fraction of sp³-hybridized carbons (Fsp3) is 0.355. The first-order valence-electron chi connectivity index (χ1n) is 13.5. The fourth-order valence-corrected chi connectivity index (χ4v) is 4.33. The van der Waals surface area contributed by atoms with Crippen LogP contribution in [0.15, 0.2) is 78.9 Å². The van der Waals surface area contributed by atoms with Gasteiger partial charge in [-0.15, -0.1) is 0 Å². The van der Waals surface area contributed by atoms with Gasteiger partial charge in [-0.1, -0.05) is 60.2 Å². The largest absolute Gasteiger partial charge is 0.489 e. The van der Waals surface area contributed by atoms with Crippen molar-refractivity contribution in [2.75, 3.05) is 44.7 Å². The van der Waals surface area contributed by atoms with Gasteiger partial charge in [-0.3, -0.25) is 9.69 Å². The van der Waals surface area contributed by atoms with Crippen molar-refractivity contribution in [3.63, 3.8) is 0 Å². The fourth-order valence-electron chi connectivity index (χ4n) is 4.33. The highest BCUT2D eigenvalue weighted by atomic mass is 16.5. The van der Waals surface area contributed by atoms with Crippen molar-refractivity contribution in [1.82, 2.24) is 15.5 Å². The molecular formula is C31H38N4O4. The summed E-state index contributed by atoms with van der Waals surface area (Å²) in [5.41, 5.74) is 3.88. The maximum absolute atomic E-state index is 13.0. The number of urea groups is 1. The van der Waals surface area contributed by atoms with Crippen LogP contribution in [0.3, 0.4) is 0 Å². The molecule has 4 rings (SSSR count). The Morgan fingerprint density at radius 2 is 1.64 bits per heavy atom. The number of nitrogens with one attached hydrogen (secondary N) is 3. The number of carbonyl (C=O) groups is 2. The zero-order valence-corrected chi connectivity index (χ0v) is 22.5. The number of morpholine rings is 1. The number of hydrogen-bond donors (Lipinski definition) is 3. The standard InChI is InChI=1S/C31H38N4O4/c1-24-8-10-26(11-9-24)23-39-28-14-12-27(13-15-28)33-31(37)34-29(22-25-6-3-2-4-7-25)30(36)32-16-5-17-35-18-20-38-21-19-35/h2-4,6-15,29H,5,16-23H2,1H3,(H,32,36)(H2,33,34,37)/t29-/m1/s1. The Kier molecular flexibility index (Phi) is 10.7. The highest BCUT2D eigenvalue weighted by Crippen LogP contribution is 2.17. The van der Waals surface area contributed by atoms with Crippen LogP contribution in [0.2, 0.25) is 0 Å². The molecule has 0 spiro atoms. The lowest BCUT2D eigenvalue weighted by Gasteiger charge is -2.26. The predicted octanol–water partition coefficient (Wildman–Crippen LogP) is 4.15. The first-order chi connectivity index (χ1) is 19.0. The van der Waals surface area contributed by atoms with Crippen LogP contribution < -0.4 is 20.7 Å². The zero-order chi connectivity index (χ0) is 27.3. The van der Waals surface area contributed by atoms with Crippen LogP contribution in [0.4, 0.5) is 10.5 Å². The predicted molar refractivity (Wildman–Crippen MR) is 153 cm³/mol. The van der Waals surface area contributed by atoms with Gasteiger partial charge >= 0.3 is 6.03 Å². The number of amides is 3. The quantitative estimate of drug-likeness (QED) is 0.306. The molecular weight excluding hydrogens is 492 g/mol. The Morgan fingerprint density at radius 1 is 0.923 bits per heavy atom. The Bertz CT molecular complexity index is 1160. The van der Waals surface area contributed by atoms with E-state index in [9.17, 15) is 9.59 Å². The van der Waals surface area contributed by atoms with Gasteiger partial charge in [0.2, 0.25) is 5.91 Å². The first kappa shape index (κ1) is 28.1. The van der Waals surface area contributed by atoms with E-state index in [1.165, 1.54) is 5.56 Å². The topological polar surface area (TPSA) is 91.9 Å². The number of rotatable bonds is 12. The molecule has 3 N–H and O–H groups in total. The monoisotopic (exact) mass is 530 g/mol. The number of nitrogens with zero attached hydrogens (tertiary/aromatic N) is 1. The van der Waals surface area contributed by atoms with Gasteiger partial charge in [-0.25, -0.2) is 4.79 Å². The first-order valence-corrected chi connectivity index (χ1v) is 13.5. The SMILES string of the molecule is Cc1ccc(COc2ccc(NC(=O)N[C@H](Cc3ccccc3)C(=O)NCCCN3CCOCC3)cc2)cc1. The number of aryl methyl sites for hydroxylation is 1. The van der Waals surface area contributed by atoms with Crippen molar-refractivity contribution in [1.29, 1.82) is 0 Å². The van der Waals surface area contributed by atoms with Crippen LogP contribution in [0.5, 0.6) is 5.75 Å². The molecule has 3 amide bonds. The Morgan fingerprint density at radius 3 is 2.36 bits per heavy atom. The van der Waals surface area contributed by atoms with Crippen LogP contribution in [0.1, 0.15) is 23.1 Å². The maximum Gasteiger partial charge on any atom is 0.319 e. The van der Waals surface area contributed by atoms with E-state index in [1.54, 1.807) is 12.1 Å². The summed E-state index contributed by atoms with van der Waals surface area (Å²) >= 11 is 0. The molecule has 8 heteroatoms. The summed E-state index contributed by atoms with van der Waals surface area (Å²) in [6, 6.07) is 23.9. The Hall–Kier alpha value is -3.88.